The van der Waals surface area contributed by atoms with E-state index < -0.39 is 24.1 Å². The van der Waals surface area contributed by atoms with Gasteiger partial charge in [-0.3, -0.25) is 14.4 Å². The zero-order valence-electron chi connectivity index (χ0n) is 15.4. The van der Waals surface area contributed by atoms with Crippen molar-refractivity contribution in [3.05, 3.63) is 0 Å². The molecule has 0 radical (unpaired) electrons. The Hall–Kier alpha value is -2.20. The summed E-state index contributed by atoms with van der Waals surface area (Å²) >= 11 is 0. The van der Waals surface area contributed by atoms with Crippen LogP contribution in [0.3, 0.4) is 0 Å². The molecular formula is C16H26N2O8. The van der Waals surface area contributed by atoms with E-state index in [9.17, 15) is 14.4 Å². The summed E-state index contributed by atoms with van der Waals surface area (Å²) in [5.41, 5.74) is 0. The molecule has 2 aliphatic heterocycles. The smallest absolute Gasteiger partial charge is 0.303 e. The van der Waals surface area contributed by atoms with Gasteiger partial charge in [0.05, 0.1) is 25.4 Å². The van der Waals surface area contributed by atoms with Crippen LogP contribution in [0, 0.1) is 0 Å². The van der Waals surface area contributed by atoms with Crippen molar-refractivity contribution in [1.82, 2.24) is 5.32 Å². The molecule has 10 nitrogen and oxygen atoms in total. The number of aliphatic hydroxyl groups is 1. The molecule has 0 bridgehead atoms. The van der Waals surface area contributed by atoms with Crippen molar-refractivity contribution in [2.45, 2.75) is 52.0 Å². The van der Waals surface area contributed by atoms with Gasteiger partial charge in [0.1, 0.15) is 19.3 Å². The third-order valence-corrected chi connectivity index (χ3v) is 3.45. The molecule has 0 aliphatic carbocycles. The number of esters is 2. The Labute approximate surface area is 151 Å². The first kappa shape index (κ1) is 21.8. The second-order valence-corrected chi connectivity index (χ2v) is 5.89. The predicted octanol–water partition coefficient (Wildman–Crippen LogP) is -0.819. The van der Waals surface area contributed by atoms with E-state index in [4.69, 9.17) is 24.1 Å². The van der Waals surface area contributed by atoms with Gasteiger partial charge in [0, 0.05) is 27.7 Å². The second-order valence-electron chi connectivity index (χ2n) is 5.89. The Balaban J connectivity index is 0.000000289. The fraction of sp³-hybridized carbons (Fsp3) is 0.750. The van der Waals surface area contributed by atoms with E-state index in [1.807, 2.05) is 0 Å². The number of amides is 1. The van der Waals surface area contributed by atoms with Gasteiger partial charge in [-0.15, -0.1) is 0 Å². The summed E-state index contributed by atoms with van der Waals surface area (Å²) in [7, 11) is 0. The van der Waals surface area contributed by atoms with E-state index in [1.165, 1.54) is 20.8 Å². The van der Waals surface area contributed by atoms with Gasteiger partial charge in [-0.2, -0.15) is 0 Å². The van der Waals surface area contributed by atoms with Gasteiger partial charge in [-0.05, 0) is 0 Å². The first-order valence-electron chi connectivity index (χ1n) is 8.19. The Morgan fingerprint density at radius 2 is 1.92 bits per heavy atom. The van der Waals surface area contributed by atoms with Gasteiger partial charge in [0.2, 0.25) is 5.91 Å². The number of carbonyl (C=O) groups is 3. The summed E-state index contributed by atoms with van der Waals surface area (Å²) in [4.78, 5) is 36.2. The number of carbonyl (C=O) groups excluding carboxylic acids is 3. The van der Waals surface area contributed by atoms with Gasteiger partial charge >= 0.3 is 11.9 Å². The molecule has 0 aromatic heterocycles. The average molecular weight is 374 g/mol. The summed E-state index contributed by atoms with van der Waals surface area (Å²) in [5, 5.41) is 11.7. The van der Waals surface area contributed by atoms with Crippen molar-refractivity contribution in [1.29, 1.82) is 0 Å². The van der Waals surface area contributed by atoms with Crippen LogP contribution in [0.1, 0.15) is 27.7 Å². The van der Waals surface area contributed by atoms with Crippen LogP contribution in [0.2, 0.25) is 0 Å². The van der Waals surface area contributed by atoms with Gasteiger partial charge in [0.15, 0.2) is 12.0 Å². The van der Waals surface area contributed by atoms with Crippen molar-refractivity contribution < 1.29 is 38.4 Å². The molecule has 1 amide bonds. The lowest BCUT2D eigenvalue weighted by Crippen LogP contribution is -2.41. The van der Waals surface area contributed by atoms with Crippen molar-refractivity contribution in [3.63, 3.8) is 0 Å². The molecule has 2 N–H and O–H groups in total. The molecule has 0 aromatic rings. The van der Waals surface area contributed by atoms with Crippen LogP contribution < -0.4 is 5.32 Å². The van der Waals surface area contributed by atoms with E-state index >= 15 is 0 Å². The molecule has 0 saturated carbocycles. The molecule has 4 atom stereocenters. The lowest BCUT2D eigenvalue weighted by molar-refractivity contribution is -0.157. The lowest BCUT2D eigenvalue weighted by Gasteiger charge is -2.19. The Morgan fingerprint density at radius 1 is 1.23 bits per heavy atom. The van der Waals surface area contributed by atoms with Crippen molar-refractivity contribution in [3.8, 4) is 0 Å². The number of nitrogens with zero attached hydrogens (tertiary/aromatic N) is 1. The zero-order valence-corrected chi connectivity index (χ0v) is 15.4. The van der Waals surface area contributed by atoms with Gasteiger partial charge in [0.25, 0.3) is 0 Å². The van der Waals surface area contributed by atoms with E-state index in [2.05, 4.69) is 10.3 Å². The number of hydrogen-bond acceptors (Lipinski definition) is 9. The molecule has 2 aliphatic rings. The normalized spacial score (nSPS) is 25.1. The van der Waals surface area contributed by atoms with Gasteiger partial charge < -0.3 is 29.4 Å². The maximum atomic E-state index is 10.9. The lowest BCUT2D eigenvalue weighted by atomic mass is 10.2. The topological polar surface area (TPSA) is 133 Å². The van der Waals surface area contributed by atoms with Crippen LogP contribution in [0.25, 0.3) is 0 Å². The molecule has 26 heavy (non-hydrogen) atoms. The van der Waals surface area contributed by atoms with Crippen LogP contribution in [0.15, 0.2) is 4.99 Å². The number of hydrogen-bond donors (Lipinski definition) is 2. The molecule has 1 fully saturated rings. The highest BCUT2D eigenvalue weighted by atomic mass is 16.6. The zero-order chi connectivity index (χ0) is 19.7. The highest BCUT2D eigenvalue weighted by molar-refractivity contribution is 5.75. The SMILES string of the molecule is CC(=O)NC1COCC1O.CC(=O)OCC(OC(C)=O)C1COC(C)=N1. The molecule has 2 heterocycles. The molecule has 10 heteroatoms. The number of aliphatic imine (C=N–C) groups is 1. The van der Waals surface area contributed by atoms with Crippen molar-refractivity contribution >= 4 is 23.7 Å². The number of nitrogens with one attached hydrogen (secondary N) is 1. The molecule has 0 aromatic carbocycles. The molecule has 4 unspecified atom stereocenters. The third-order valence-electron chi connectivity index (χ3n) is 3.45. The van der Waals surface area contributed by atoms with Crippen molar-refractivity contribution in [2.75, 3.05) is 26.4 Å². The van der Waals surface area contributed by atoms with Crippen LogP contribution >= 0.6 is 0 Å². The fourth-order valence-corrected chi connectivity index (χ4v) is 2.28. The summed E-state index contributed by atoms with van der Waals surface area (Å²) in [6.45, 7) is 6.82. The number of ether oxygens (including phenoxy) is 4. The van der Waals surface area contributed by atoms with E-state index in [0.717, 1.165) is 0 Å². The van der Waals surface area contributed by atoms with E-state index in [1.54, 1.807) is 6.92 Å². The van der Waals surface area contributed by atoms with E-state index in [0.29, 0.717) is 25.7 Å². The first-order valence-corrected chi connectivity index (χ1v) is 8.19. The summed E-state index contributed by atoms with van der Waals surface area (Å²) < 4.78 is 19.9. The minimum absolute atomic E-state index is 0.000278. The van der Waals surface area contributed by atoms with Crippen LogP contribution in [0.4, 0.5) is 0 Å². The van der Waals surface area contributed by atoms with Gasteiger partial charge in [-0.25, -0.2) is 4.99 Å². The summed E-state index contributed by atoms with van der Waals surface area (Å²) in [6.07, 6.45) is -1.12. The maximum Gasteiger partial charge on any atom is 0.303 e. The molecule has 1 saturated heterocycles. The Morgan fingerprint density at radius 3 is 2.35 bits per heavy atom. The highest BCUT2D eigenvalue weighted by Gasteiger charge is 2.29. The summed E-state index contributed by atoms with van der Waals surface area (Å²) in [5.74, 6) is -0.437. The first-order chi connectivity index (χ1) is 12.2. The highest BCUT2D eigenvalue weighted by Crippen LogP contribution is 2.12. The monoisotopic (exact) mass is 374 g/mol. The minimum Gasteiger partial charge on any atom is -0.479 e. The second kappa shape index (κ2) is 10.7. The minimum atomic E-state index is -0.584. The molecule has 0 spiro atoms. The molecular weight excluding hydrogens is 348 g/mol. The molecule has 2 rings (SSSR count). The van der Waals surface area contributed by atoms with Gasteiger partial charge in [-0.1, -0.05) is 0 Å². The largest absolute Gasteiger partial charge is 0.479 e. The predicted molar refractivity (Wildman–Crippen MR) is 89.5 cm³/mol. The standard InChI is InChI=1S/C10H15NO5.C6H11NO3/c1-6-11-9(4-14-6)10(16-8(3)13)5-15-7(2)12;1-4(8)7-5-2-10-3-6(5)9/h9-10H,4-5H2,1-3H3;5-6,9H,2-3H2,1H3,(H,7,8). The quantitative estimate of drug-likeness (QED) is 0.597. The Bertz CT molecular complexity index is 536. The van der Waals surface area contributed by atoms with Crippen LogP contribution in [-0.4, -0.2) is 79.6 Å². The summed E-state index contributed by atoms with van der Waals surface area (Å²) in [6, 6.07) is -0.513. The third kappa shape index (κ3) is 8.26. The fourth-order valence-electron chi connectivity index (χ4n) is 2.28. The maximum absolute atomic E-state index is 10.9. The van der Waals surface area contributed by atoms with Crippen LogP contribution in [0.5, 0.6) is 0 Å². The van der Waals surface area contributed by atoms with E-state index in [-0.39, 0.29) is 24.6 Å². The Kier molecular flexibility index (Phi) is 9.00. The molecule has 148 valence electrons. The average Bonchev–Trinajstić information content (AvgIpc) is 3.12. The number of rotatable bonds is 5. The van der Waals surface area contributed by atoms with Crippen LogP contribution in [-0.2, 0) is 33.3 Å². The van der Waals surface area contributed by atoms with Crippen molar-refractivity contribution in [2.24, 2.45) is 4.99 Å². The number of aliphatic hydroxyl groups excluding tert-OH is 1.